The summed E-state index contributed by atoms with van der Waals surface area (Å²) in [6, 6.07) is 4.32. The first-order valence-electron chi connectivity index (χ1n) is 6.49. The van der Waals surface area contributed by atoms with Crippen molar-refractivity contribution in [1.82, 2.24) is 9.80 Å². The third-order valence-corrected chi connectivity index (χ3v) is 3.91. The maximum absolute atomic E-state index is 12.4. The highest BCUT2D eigenvalue weighted by atomic mass is 35.5. The minimum atomic E-state index is -0.575. The SMILES string of the molecule is CCN1CCN(C(=O)c2cccc([N+](=O)[O-])c2Cl)CC1. The van der Waals surface area contributed by atoms with Gasteiger partial charge >= 0.3 is 0 Å². The van der Waals surface area contributed by atoms with Gasteiger partial charge < -0.3 is 9.80 Å². The van der Waals surface area contributed by atoms with Crippen molar-refractivity contribution in [3.05, 3.63) is 38.9 Å². The summed E-state index contributed by atoms with van der Waals surface area (Å²) in [7, 11) is 0. The van der Waals surface area contributed by atoms with Crippen LogP contribution in [-0.4, -0.2) is 53.4 Å². The molecule has 0 aliphatic carbocycles. The molecule has 1 fully saturated rings. The lowest BCUT2D eigenvalue weighted by molar-refractivity contribution is -0.384. The Morgan fingerprint density at radius 2 is 2.00 bits per heavy atom. The summed E-state index contributed by atoms with van der Waals surface area (Å²) in [5.41, 5.74) is -0.0319. The monoisotopic (exact) mass is 297 g/mol. The largest absolute Gasteiger partial charge is 0.336 e. The molecule has 7 heteroatoms. The van der Waals surface area contributed by atoms with E-state index in [1.807, 2.05) is 0 Å². The second kappa shape index (κ2) is 6.19. The molecule has 1 aromatic carbocycles. The van der Waals surface area contributed by atoms with Crippen LogP contribution in [0, 0.1) is 10.1 Å². The topological polar surface area (TPSA) is 66.7 Å². The summed E-state index contributed by atoms with van der Waals surface area (Å²) in [5, 5.41) is 10.8. The van der Waals surface area contributed by atoms with Gasteiger partial charge in [0.25, 0.3) is 11.6 Å². The predicted molar refractivity (Wildman–Crippen MR) is 76.1 cm³/mol. The molecule has 0 bridgehead atoms. The molecule has 108 valence electrons. The van der Waals surface area contributed by atoms with Gasteiger partial charge in [-0.05, 0) is 12.6 Å². The van der Waals surface area contributed by atoms with Crippen molar-refractivity contribution in [2.24, 2.45) is 0 Å². The van der Waals surface area contributed by atoms with E-state index in [1.165, 1.54) is 18.2 Å². The van der Waals surface area contributed by atoms with E-state index in [1.54, 1.807) is 4.90 Å². The molecule has 1 aliphatic heterocycles. The number of likely N-dealkylation sites (N-methyl/N-ethyl adjacent to an activating group) is 1. The molecule has 6 nitrogen and oxygen atoms in total. The van der Waals surface area contributed by atoms with E-state index in [-0.39, 0.29) is 22.2 Å². The van der Waals surface area contributed by atoms with Gasteiger partial charge in [0.2, 0.25) is 0 Å². The molecule has 1 heterocycles. The first-order valence-corrected chi connectivity index (χ1v) is 6.87. The number of amides is 1. The van der Waals surface area contributed by atoms with Crippen LogP contribution >= 0.6 is 11.6 Å². The van der Waals surface area contributed by atoms with Gasteiger partial charge in [-0.3, -0.25) is 14.9 Å². The zero-order valence-corrected chi connectivity index (χ0v) is 12.0. The molecule has 0 saturated carbocycles. The van der Waals surface area contributed by atoms with Crippen molar-refractivity contribution in [2.45, 2.75) is 6.92 Å². The number of benzene rings is 1. The fourth-order valence-electron chi connectivity index (χ4n) is 2.26. The highest BCUT2D eigenvalue weighted by molar-refractivity contribution is 6.35. The summed E-state index contributed by atoms with van der Waals surface area (Å²) in [4.78, 5) is 26.6. The van der Waals surface area contributed by atoms with Crippen LogP contribution in [-0.2, 0) is 0 Å². The van der Waals surface area contributed by atoms with E-state index in [0.29, 0.717) is 13.1 Å². The number of nitrogens with zero attached hydrogens (tertiary/aromatic N) is 3. The lowest BCUT2D eigenvalue weighted by Gasteiger charge is -2.34. The second-order valence-corrected chi connectivity index (χ2v) is 5.00. The standard InChI is InChI=1S/C13H16ClN3O3/c1-2-15-6-8-16(9-7-15)13(18)10-4-3-5-11(12(10)14)17(19)20/h3-5H,2,6-9H2,1H3. The van der Waals surface area contributed by atoms with Crippen molar-refractivity contribution in [3.8, 4) is 0 Å². The zero-order valence-electron chi connectivity index (χ0n) is 11.2. The van der Waals surface area contributed by atoms with Crippen LogP contribution in [0.4, 0.5) is 5.69 Å². The Bertz CT molecular complexity index is 528. The smallest absolute Gasteiger partial charge is 0.288 e. The van der Waals surface area contributed by atoms with Crippen LogP contribution < -0.4 is 0 Å². The number of halogens is 1. The van der Waals surface area contributed by atoms with Crippen molar-refractivity contribution >= 4 is 23.2 Å². The van der Waals surface area contributed by atoms with E-state index in [0.717, 1.165) is 19.6 Å². The summed E-state index contributed by atoms with van der Waals surface area (Å²) in [6.07, 6.45) is 0. The predicted octanol–water partition coefficient (Wildman–Crippen LogP) is 2.03. The van der Waals surface area contributed by atoms with E-state index < -0.39 is 4.92 Å². The highest BCUT2D eigenvalue weighted by Crippen LogP contribution is 2.28. The quantitative estimate of drug-likeness (QED) is 0.632. The number of carbonyl (C=O) groups is 1. The van der Waals surface area contributed by atoms with Gasteiger partial charge in [0.1, 0.15) is 5.02 Å². The third-order valence-electron chi connectivity index (χ3n) is 3.51. The second-order valence-electron chi connectivity index (χ2n) is 4.62. The highest BCUT2D eigenvalue weighted by Gasteiger charge is 2.26. The molecule has 2 rings (SSSR count). The molecule has 1 amide bonds. The Labute approximate surface area is 122 Å². The van der Waals surface area contributed by atoms with Crippen molar-refractivity contribution < 1.29 is 9.72 Å². The number of nitro groups is 1. The number of nitro benzene ring substituents is 1. The van der Waals surface area contributed by atoms with Crippen molar-refractivity contribution in [2.75, 3.05) is 32.7 Å². The summed E-state index contributed by atoms with van der Waals surface area (Å²) < 4.78 is 0. The molecule has 0 atom stereocenters. The summed E-state index contributed by atoms with van der Waals surface area (Å²) >= 11 is 5.97. The molecule has 20 heavy (non-hydrogen) atoms. The van der Waals surface area contributed by atoms with Gasteiger partial charge in [0.15, 0.2) is 0 Å². The Morgan fingerprint density at radius 1 is 1.35 bits per heavy atom. The van der Waals surface area contributed by atoms with Crippen molar-refractivity contribution in [3.63, 3.8) is 0 Å². The van der Waals surface area contributed by atoms with Crippen LogP contribution in [0.1, 0.15) is 17.3 Å². The van der Waals surface area contributed by atoms with Crippen LogP contribution in [0.5, 0.6) is 0 Å². The van der Waals surface area contributed by atoms with E-state index in [4.69, 9.17) is 11.6 Å². The average Bonchev–Trinajstić information content (AvgIpc) is 2.46. The van der Waals surface area contributed by atoms with Gasteiger partial charge in [-0.1, -0.05) is 24.6 Å². The Morgan fingerprint density at radius 3 is 2.55 bits per heavy atom. The number of piperazine rings is 1. The number of hydrogen-bond acceptors (Lipinski definition) is 4. The first kappa shape index (κ1) is 14.7. The van der Waals surface area contributed by atoms with E-state index in [9.17, 15) is 14.9 Å². The first-order chi connectivity index (χ1) is 9.54. The normalized spacial score (nSPS) is 16.2. The number of carbonyl (C=O) groups excluding carboxylic acids is 1. The number of rotatable bonds is 3. The molecular weight excluding hydrogens is 282 g/mol. The molecule has 0 aromatic heterocycles. The molecular formula is C13H16ClN3O3. The Hall–Kier alpha value is -1.66. The minimum Gasteiger partial charge on any atom is -0.336 e. The molecule has 0 unspecified atom stereocenters. The van der Waals surface area contributed by atoms with Crippen molar-refractivity contribution in [1.29, 1.82) is 0 Å². The maximum atomic E-state index is 12.4. The summed E-state index contributed by atoms with van der Waals surface area (Å²) in [5.74, 6) is -0.241. The van der Waals surface area contributed by atoms with Gasteiger partial charge in [0.05, 0.1) is 10.5 Å². The Kier molecular flexibility index (Phi) is 4.57. The zero-order chi connectivity index (χ0) is 14.7. The molecule has 1 aliphatic rings. The molecule has 1 saturated heterocycles. The third kappa shape index (κ3) is 2.91. The fourth-order valence-corrected chi connectivity index (χ4v) is 2.54. The average molecular weight is 298 g/mol. The van der Waals surface area contributed by atoms with Crippen LogP contribution in [0.3, 0.4) is 0 Å². The lowest BCUT2D eigenvalue weighted by atomic mass is 10.1. The lowest BCUT2D eigenvalue weighted by Crippen LogP contribution is -2.48. The van der Waals surface area contributed by atoms with Crippen LogP contribution in [0.15, 0.2) is 18.2 Å². The molecule has 0 radical (unpaired) electrons. The number of hydrogen-bond donors (Lipinski definition) is 0. The fraction of sp³-hybridized carbons (Fsp3) is 0.462. The molecule has 0 spiro atoms. The maximum Gasteiger partial charge on any atom is 0.288 e. The minimum absolute atomic E-state index is 0.0829. The van der Waals surface area contributed by atoms with Gasteiger partial charge in [-0.25, -0.2) is 0 Å². The molecule has 1 aromatic rings. The summed E-state index contributed by atoms with van der Waals surface area (Å²) in [6.45, 7) is 5.90. The molecule has 0 N–H and O–H groups in total. The van der Waals surface area contributed by atoms with E-state index >= 15 is 0 Å². The van der Waals surface area contributed by atoms with Crippen LogP contribution in [0.2, 0.25) is 5.02 Å². The van der Waals surface area contributed by atoms with E-state index in [2.05, 4.69) is 11.8 Å². The van der Waals surface area contributed by atoms with Crippen LogP contribution in [0.25, 0.3) is 0 Å². The van der Waals surface area contributed by atoms with Gasteiger partial charge in [-0.2, -0.15) is 0 Å². The van der Waals surface area contributed by atoms with Gasteiger partial charge in [-0.15, -0.1) is 0 Å². The van der Waals surface area contributed by atoms with Gasteiger partial charge in [0, 0.05) is 32.2 Å². The Balaban J connectivity index is 2.18.